The van der Waals surface area contributed by atoms with Gasteiger partial charge in [0.1, 0.15) is 11.6 Å². The Bertz CT molecular complexity index is 1420. The van der Waals surface area contributed by atoms with Gasteiger partial charge in [0.2, 0.25) is 0 Å². The van der Waals surface area contributed by atoms with E-state index in [9.17, 15) is 18.7 Å². The molecule has 40 heavy (non-hydrogen) atoms. The van der Waals surface area contributed by atoms with Crippen LogP contribution in [0.4, 0.5) is 8.78 Å². The summed E-state index contributed by atoms with van der Waals surface area (Å²) in [6.45, 7) is 6.90. The molecule has 210 valence electrons. The highest BCUT2D eigenvalue weighted by Gasteiger charge is 2.26. The lowest BCUT2D eigenvalue weighted by Crippen LogP contribution is -2.48. The summed E-state index contributed by atoms with van der Waals surface area (Å²) in [6.07, 6.45) is -0.0509. The molecule has 1 amide bonds. The summed E-state index contributed by atoms with van der Waals surface area (Å²) in [5.74, 6) is -1.82. The first-order chi connectivity index (χ1) is 19.2. The second-order valence-corrected chi connectivity index (χ2v) is 10.1. The van der Waals surface area contributed by atoms with E-state index >= 15 is 0 Å². The first-order valence-electron chi connectivity index (χ1n) is 13.5. The average Bonchev–Trinajstić information content (AvgIpc) is 3.20. The predicted octanol–water partition coefficient (Wildman–Crippen LogP) is 4.88. The van der Waals surface area contributed by atoms with Crippen LogP contribution in [0, 0.1) is 25.5 Å². The molecule has 0 aliphatic carbocycles. The van der Waals surface area contributed by atoms with Gasteiger partial charge in [-0.3, -0.25) is 9.48 Å². The van der Waals surface area contributed by atoms with E-state index in [2.05, 4.69) is 34.8 Å². The van der Waals surface area contributed by atoms with Gasteiger partial charge < -0.3 is 15.7 Å². The molecule has 0 saturated carbocycles. The van der Waals surface area contributed by atoms with Crippen molar-refractivity contribution in [3.8, 4) is 0 Å². The Kier molecular flexibility index (Phi) is 9.79. The standard InChI is InChI=1S/C32H36F2N4O2/c1-4-23-11-8-12-25(13-23)18-35-19-30(39)29(16-26-14-27(33)17-28(34)15-26)36-32(40)31-21(2)37-38(22(31)3)20-24-9-6-5-7-10-24/h5-15,17,29-30,35,39H,4,16,18-20H2,1-3H3,(H,36,40)/t29-,30+/m0/s1. The van der Waals surface area contributed by atoms with Crippen LogP contribution >= 0.6 is 0 Å². The lowest BCUT2D eigenvalue weighted by Gasteiger charge is -2.25. The normalized spacial score (nSPS) is 12.8. The molecule has 1 aromatic heterocycles. The maximum Gasteiger partial charge on any atom is 0.255 e. The monoisotopic (exact) mass is 546 g/mol. The Labute approximate surface area is 234 Å². The molecular formula is C32H36F2N4O2. The summed E-state index contributed by atoms with van der Waals surface area (Å²) in [4.78, 5) is 13.5. The van der Waals surface area contributed by atoms with Crippen molar-refractivity contribution in [3.05, 3.63) is 124 Å². The number of nitrogens with zero attached hydrogens (tertiary/aromatic N) is 2. The summed E-state index contributed by atoms with van der Waals surface area (Å²) < 4.78 is 29.6. The molecule has 6 nitrogen and oxygen atoms in total. The molecule has 0 unspecified atom stereocenters. The number of aliphatic hydroxyl groups excluding tert-OH is 1. The number of halogens is 2. The van der Waals surface area contributed by atoms with Crippen LogP contribution < -0.4 is 10.6 Å². The van der Waals surface area contributed by atoms with Crippen LogP contribution in [0.15, 0.2) is 72.8 Å². The van der Waals surface area contributed by atoms with Crippen molar-refractivity contribution in [2.45, 2.75) is 58.8 Å². The molecule has 3 aromatic carbocycles. The zero-order valence-corrected chi connectivity index (χ0v) is 23.1. The van der Waals surface area contributed by atoms with Crippen molar-refractivity contribution >= 4 is 5.91 Å². The third kappa shape index (κ3) is 7.61. The van der Waals surface area contributed by atoms with Crippen molar-refractivity contribution in [3.63, 3.8) is 0 Å². The van der Waals surface area contributed by atoms with Gasteiger partial charge in [-0.15, -0.1) is 0 Å². The largest absolute Gasteiger partial charge is 0.390 e. The first kappa shape index (κ1) is 29.1. The molecule has 0 fully saturated rings. The van der Waals surface area contributed by atoms with E-state index in [1.807, 2.05) is 49.4 Å². The number of aliphatic hydroxyl groups is 1. The fraction of sp³-hybridized carbons (Fsp3) is 0.312. The Morgan fingerprint density at radius 1 is 0.925 bits per heavy atom. The quantitative estimate of drug-likeness (QED) is 0.237. The number of aryl methyl sites for hydroxylation is 2. The van der Waals surface area contributed by atoms with E-state index in [0.29, 0.717) is 35.6 Å². The van der Waals surface area contributed by atoms with E-state index in [1.165, 1.54) is 17.7 Å². The van der Waals surface area contributed by atoms with Crippen molar-refractivity contribution in [2.24, 2.45) is 0 Å². The highest BCUT2D eigenvalue weighted by Crippen LogP contribution is 2.17. The van der Waals surface area contributed by atoms with Crippen LogP contribution in [0.3, 0.4) is 0 Å². The van der Waals surface area contributed by atoms with E-state index < -0.39 is 29.7 Å². The minimum atomic E-state index is -1.02. The first-order valence-corrected chi connectivity index (χ1v) is 13.5. The van der Waals surface area contributed by atoms with Gasteiger partial charge in [0, 0.05) is 24.8 Å². The number of carbonyl (C=O) groups excluding carboxylic acids is 1. The lowest BCUT2D eigenvalue weighted by molar-refractivity contribution is 0.0828. The third-order valence-corrected chi connectivity index (χ3v) is 7.02. The Morgan fingerprint density at radius 2 is 1.60 bits per heavy atom. The summed E-state index contributed by atoms with van der Waals surface area (Å²) in [6, 6.07) is 20.4. The van der Waals surface area contributed by atoms with Gasteiger partial charge in [0.25, 0.3) is 5.91 Å². The van der Waals surface area contributed by atoms with Crippen LogP contribution in [0.1, 0.15) is 50.9 Å². The van der Waals surface area contributed by atoms with Gasteiger partial charge in [-0.2, -0.15) is 5.10 Å². The third-order valence-electron chi connectivity index (χ3n) is 7.02. The molecule has 8 heteroatoms. The zero-order valence-electron chi connectivity index (χ0n) is 23.1. The van der Waals surface area contributed by atoms with Gasteiger partial charge in [0.15, 0.2) is 0 Å². The topological polar surface area (TPSA) is 79.2 Å². The number of hydrogen-bond donors (Lipinski definition) is 3. The lowest BCUT2D eigenvalue weighted by atomic mass is 9.99. The molecule has 0 aliphatic rings. The molecule has 2 atom stereocenters. The summed E-state index contributed by atoms with van der Waals surface area (Å²) in [5, 5.41) is 21.9. The number of hydrogen-bond acceptors (Lipinski definition) is 4. The van der Waals surface area contributed by atoms with Gasteiger partial charge in [-0.25, -0.2) is 8.78 Å². The highest BCUT2D eigenvalue weighted by atomic mass is 19.1. The molecule has 0 saturated heterocycles. The van der Waals surface area contributed by atoms with Crippen molar-refractivity contribution < 1.29 is 18.7 Å². The second-order valence-electron chi connectivity index (χ2n) is 10.1. The Morgan fingerprint density at radius 3 is 2.30 bits per heavy atom. The molecule has 0 bridgehead atoms. The molecule has 4 aromatic rings. The fourth-order valence-corrected chi connectivity index (χ4v) is 4.91. The van der Waals surface area contributed by atoms with Crippen LogP contribution in [-0.4, -0.2) is 39.5 Å². The van der Waals surface area contributed by atoms with Crippen molar-refractivity contribution in [1.82, 2.24) is 20.4 Å². The number of aromatic nitrogens is 2. The molecule has 1 heterocycles. The van der Waals surface area contributed by atoms with Gasteiger partial charge in [-0.1, -0.05) is 61.5 Å². The van der Waals surface area contributed by atoms with Crippen LogP contribution in [0.25, 0.3) is 0 Å². The Balaban J connectivity index is 1.50. The number of benzene rings is 3. The number of carbonyl (C=O) groups is 1. The highest BCUT2D eigenvalue weighted by molar-refractivity contribution is 5.96. The second kappa shape index (κ2) is 13.5. The van der Waals surface area contributed by atoms with Crippen molar-refractivity contribution in [1.29, 1.82) is 0 Å². The molecule has 3 N–H and O–H groups in total. The maximum absolute atomic E-state index is 13.9. The SMILES string of the molecule is CCc1cccc(CNC[C@@H](O)[C@H](Cc2cc(F)cc(F)c2)NC(=O)c2c(C)nn(Cc3ccccc3)c2C)c1. The smallest absolute Gasteiger partial charge is 0.255 e. The maximum atomic E-state index is 13.9. The van der Waals surface area contributed by atoms with E-state index in [-0.39, 0.29) is 13.0 Å². The minimum Gasteiger partial charge on any atom is -0.390 e. The zero-order chi connectivity index (χ0) is 28.6. The van der Waals surface area contributed by atoms with Crippen molar-refractivity contribution in [2.75, 3.05) is 6.54 Å². The number of amides is 1. The van der Waals surface area contributed by atoms with E-state index in [1.54, 1.807) is 11.6 Å². The molecule has 0 radical (unpaired) electrons. The number of rotatable bonds is 12. The van der Waals surface area contributed by atoms with E-state index in [4.69, 9.17) is 0 Å². The van der Waals surface area contributed by atoms with Gasteiger partial charge in [0.05, 0.1) is 29.9 Å². The average molecular weight is 547 g/mol. The minimum absolute atomic E-state index is 0.0465. The van der Waals surface area contributed by atoms with Crippen LogP contribution in [0.2, 0.25) is 0 Å². The van der Waals surface area contributed by atoms with Crippen LogP contribution in [-0.2, 0) is 25.9 Å². The molecule has 0 aliphatic heterocycles. The molecular weight excluding hydrogens is 510 g/mol. The molecule has 0 spiro atoms. The summed E-state index contributed by atoms with van der Waals surface area (Å²) in [7, 11) is 0. The van der Waals surface area contributed by atoms with Gasteiger partial charge >= 0.3 is 0 Å². The Hall–Kier alpha value is -3.88. The molecule has 4 rings (SSSR count). The summed E-state index contributed by atoms with van der Waals surface area (Å²) in [5.41, 5.74) is 5.36. The van der Waals surface area contributed by atoms with Crippen LogP contribution in [0.5, 0.6) is 0 Å². The van der Waals surface area contributed by atoms with Gasteiger partial charge in [-0.05, 0) is 61.1 Å². The van der Waals surface area contributed by atoms with E-state index in [0.717, 1.165) is 23.6 Å². The summed E-state index contributed by atoms with van der Waals surface area (Å²) >= 11 is 0. The predicted molar refractivity (Wildman–Crippen MR) is 152 cm³/mol. The fourth-order valence-electron chi connectivity index (χ4n) is 4.91. The number of nitrogens with one attached hydrogen (secondary N) is 2.